The van der Waals surface area contributed by atoms with Crippen molar-refractivity contribution in [1.29, 1.82) is 0 Å². The molecule has 5 aliphatic heterocycles. The van der Waals surface area contributed by atoms with E-state index in [9.17, 15) is 19.8 Å². The number of sulfonamides is 1. The number of ether oxygens (including phenoxy) is 15. The van der Waals surface area contributed by atoms with Crippen LogP contribution in [0.25, 0.3) is 0 Å². The van der Waals surface area contributed by atoms with Crippen LogP contribution in [0.2, 0.25) is 18.1 Å². The molecule has 4 fully saturated rings. The predicted molar refractivity (Wildman–Crippen MR) is 359 cm³/mol. The molecule has 99 heavy (non-hydrogen) atoms. The van der Waals surface area contributed by atoms with Crippen LogP contribution < -0.4 is 4.72 Å². The van der Waals surface area contributed by atoms with E-state index in [2.05, 4.69) is 4.72 Å². The SMILES string of the molecule is CC[Si](CC)(CC)O[C@H]1[C@@H](NS(=O)(=O)c2ccccc2)[C@H](O[C@H]2[C@@H](O)[C@@H](COCc3ccccc3)O[C@@H](O[C@H]3C(OCc4ccccc4)C=CO[C@@H]3COCc3ccccc3)[C@@H]2O)O[C@H](COCc2ccccc2)[C@H]1O[C@@H]1O[C@H](COCc2ccccc2)[C@@H]2OC(=O)O[C@@H]2[C@H]1OC(C)=O. The first-order valence-corrected chi connectivity index (χ1v) is 37.7. The first kappa shape index (κ1) is 73.4. The number of hydrogen-bond acceptors (Lipinski definition) is 22. The lowest BCUT2D eigenvalue weighted by Gasteiger charge is -2.52. The summed E-state index contributed by atoms with van der Waals surface area (Å²) in [6, 6.07) is 55.0. The monoisotopic (exact) mass is 1400 g/mol. The molecule has 11 rings (SSSR count). The Kier molecular flexibility index (Phi) is 26.4. The number of hydrogen-bond donors (Lipinski definition) is 3. The van der Waals surface area contributed by atoms with Gasteiger partial charge >= 0.3 is 12.1 Å². The van der Waals surface area contributed by atoms with Gasteiger partial charge in [0.1, 0.15) is 61.0 Å². The quantitative estimate of drug-likeness (QED) is 0.0251. The minimum absolute atomic E-state index is 0.00391. The van der Waals surface area contributed by atoms with Gasteiger partial charge in [0, 0.05) is 6.92 Å². The van der Waals surface area contributed by atoms with E-state index in [4.69, 9.17) is 75.5 Å². The number of esters is 1. The van der Waals surface area contributed by atoms with Gasteiger partial charge in [0.25, 0.3) is 0 Å². The van der Waals surface area contributed by atoms with Gasteiger partial charge in [0.2, 0.25) is 10.0 Å². The maximum atomic E-state index is 15.3. The van der Waals surface area contributed by atoms with Gasteiger partial charge in [-0.1, -0.05) is 191 Å². The summed E-state index contributed by atoms with van der Waals surface area (Å²) in [6.07, 6.45) is -21.6. The fourth-order valence-corrected chi connectivity index (χ4v) is 16.9. The molecule has 0 aliphatic carbocycles. The molecule has 25 heteroatoms. The van der Waals surface area contributed by atoms with E-state index in [-0.39, 0.29) is 64.4 Å². The summed E-state index contributed by atoms with van der Waals surface area (Å²) in [5, 5.41) is 26.0. The second kappa shape index (κ2) is 35.7. The first-order valence-electron chi connectivity index (χ1n) is 33.7. The summed E-state index contributed by atoms with van der Waals surface area (Å²) < 4.78 is 139. The van der Waals surface area contributed by atoms with Crippen LogP contribution in [-0.4, -0.2) is 176 Å². The minimum atomic E-state index is -4.62. The van der Waals surface area contributed by atoms with E-state index in [0.29, 0.717) is 18.1 Å². The Morgan fingerprint density at radius 3 is 1.43 bits per heavy atom. The van der Waals surface area contributed by atoms with E-state index < -0.39 is 141 Å². The lowest BCUT2D eigenvalue weighted by molar-refractivity contribution is -0.370. The topological polar surface area (TPSA) is 268 Å². The standard InChI is InChI=1S/C74H89NO22SSi/c1-5-99(6-2,7-3)97-67-61(75-98(80,81)55-36-24-13-25-37-55)71(90-59(47-84-42-52-30-18-10-19-31-52)65(67)93-73-70(88-49(4)76)69-66(95-74(79)96-69)60(91-73)48-85-43-53-32-20-11-21-33-53)94-68-62(77)57(45-82-40-50-26-14-8-15-27-50)89-72(63(68)78)92-64-56(87-44-54-34-22-12-23-35-54)38-39-86-58(64)46-83-41-51-28-16-9-17-29-51/h8-39,56-73,75,77-78H,5-7,40-48H2,1-4H3/t56?,57-,58-,59-,60-,61-,62+,63-,64+,65-,66+,67+,68+,69+,70-,71+,72+,73+/m1/s1. The first-order chi connectivity index (χ1) is 48.2. The van der Waals surface area contributed by atoms with Crippen LogP contribution in [0.15, 0.2) is 199 Å². The van der Waals surface area contributed by atoms with Crippen LogP contribution in [-0.2, 0) is 123 Å². The summed E-state index contributed by atoms with van der Waals surface area (Å²) in [7, 11) is -7.64. The molecule has 0 bridgehead atoms. The Morgan fingerprint density at radius 2 is 0.919 bits per heavy atom. The summed E-state index contributed by atoms with van der Waals surface area (Å²) in [6.45, 7) is 7.14. The van der Waals surface area contributed by atoms with Gasteiger partial charge in [-0.25, -0.2) is 17.9 Å². The fourth-order valence-electron chi connectivity index (χ4n) is 12.8. The number of carbonyl (C=O) groups is 2. The Labute approximate surface area is 578 Å². The molecule has 0 radical (unpaired) electrons. The fraction of sp³-hybridized carbons (Fsp3) is 0.459. The van der Waals surface area contributed by atoms with Crippen LogP contribution in [0.1, 0.15) is 55.5 Å². The number of fused-ring (bicyclic) bond motifs is 1. The molecule has 5 heterocycles. The highest BCUT2D eigenvalue weighted by atomic mass is 32.2. The molecule has 1 unspecified atom stereocenters. The van der Waals surface area contributed by atoms with Crippen molar-refractivity contribution in [3.05, 3.63) is 222 Å². The molecular formula is C74H89NO22SSi. The normalized spacial score (nSPS) is 29.2. The molecular weight excluding hydrogens is 1310 g/mol. The highest BCUT2D eigenvalue weighted by Gasteiger charge is 2.61. The number of nitrogens with one attached hydrogen (secondary N) is 1. The average molecular weight is 1400 g/mol. The molecule has 6 aromatic carbocycles. The van der Waals surface area contributed by atoms with Crippen molar-refractivity contribution >= 4 is 30.5 Å². The van der Waals surface area contributed by atoms with Gasteiger partial charge in [-0.05, 0) is 64.2 Å². The zero-order chi connectivity index (χ0) is 69.1. The van der Waals surface area contributed by atoms with Crippen LogP contribution in [0.5, 0.6) is 0 Å². The summed E-state index contributed by atoms with van der Waals surface area (Å²) >= 11 is 0. The molecule has 23 nitrogen and oxygen atoms in total. The summed E-state index contributed by atoms with van der Waals surface area (Å²) in [5.41, 5.74) is 4.26. The van der Waals surface area contributed by atoms with Gasteiger partial charge in [-0.2, -0.15) is 0 Å². The molecule has 0 aromatic heterocycles. The molecule has 0 saturated carbocycles. The van der Waals surface area contributed by atoms with Gasteiger partial charge in [-0.3, -0.25) is 4.79 Å². The second-order valence-electron chi connectivity index (χ2n) is 25.0. The van der Waals surface area contributed by atoms with Crippen molar-refractivity contribution < 1.29 is 104 Å². The Bertz CT molecular complexity index is 3550. The smallest absolute Gasteiger partial charge is 0.493 e. The number of rotatable bonds is 34. The molecule has 18 atom stereocenters. The maximum Gasteiger partial charge on any atom is 0.509 e. The zero-order valence-corrected chi connectivity index (χ0v) is 57.6. The van der Waals surface area contributed by atoms with Gasteiger partial charge in [-0.15, -0.1) is 0 Å². The van der Waals surface area contributed by atoms with E-state index in [1.807, 2.05) is 172 Å². The largest absolute Gasteiger partial charge is 0.509 e. The third kappa shape index (κ3) is 19.4. The highest BCUT2D eigenvalue weighted by molar-refractivity contribution is 7.89. The molecule has 5 aliphatic rings. The number of carbonyl (C=O) groups excluding carboxylic acids is 2. The lowest BCUT2D eigenvalue weighted by atomic mass is 9.95. The number of aliphatic hydroxyl groups is 2. The average Bonchev–Trinajstić information content (AvgIpc) is 1.49. The molecule has 0 amide bonds. The van der Waals surface area contributed by atoms with Gasteiger partial charge in [0.15, 0.2) is 51.6 Å². The van der Waals surface area contributed by atoms with Gasteiger partial charge < -0.3 is 85.7 Å². The molecule has 3 N–H and O–H groups in total. The molecule has 0 spiro atoms. The Balaban J connectivity index is 0.989. The van der Waals surface area contributed by atoms with E-state index in [0.717, 1.165) is 27.8 Å². The van der Waals surface area contributed by atoms with E-state index >= 15 is 8.42 Å². The summed E-state index contributed by atoms with van der Waals surface area (Å²) in [5.74, 6) is -0.779. The second-order valence-corrected chi connectivity index (χ2v) is 31.4. The molecule has 4 saturated heterocycles. The Hall–Kier alpha value is -6.83. The number of aliphatic hydroxyl groups excluding tert-OH is 2. The van der Waals surface area contributed by atoms with E-state index in [1.54, 1.807) is 24.3 Å². The highest BCUT2D eigenvalue weighted by Crippen LogP contribution is 2.41. The van der Waals surface area contributed by atoms with Crippen molar-refractivity contribution in [3.63, 3.8) is 0 Å². The van der Waals surface area contributed by atoms with Crippen molar-refractivity contribution in [2.24, 2.45) is 0 Å². The summed E-state index contributed by atoms with van der Waals surface area (Å²) in [4.78, 5) is 26.4. The van der Waals surface area contributed by atoms with Crippen molar-refractivity contribution in [2.45, 2.75) is 194 Å². The van der Waals surface area contributed by atoms with Crippen molar-refractivity contribution in [2.75, 3.05) is 26.4 Å². The number of benzene rings is 6. The van der Waals surface area contributed by atoms with Crippen molar-refractivity contribution in [1.82, 2.24) is 4.72 Å². The minimum Gasteiger partial charge on any atom is -0.493 e. The van der Waals surface area contributed by atoms with Crippen LogP contribution in [0.4, 0.5) is 4.79 Å². The Morgan fingerprint density at radius 1 is 0.485 bits per heavy atom. The maximum absolute atomic E-state index is 15.3. The lowest BCUT2D eigenvalue weighted by Crippen LogP contribution is -2.71. The molecule has 6 aromatic rings. The van der Waals surface area contributed by atoms with Gasteiger partial charge in [0.05, 0.1) is 76.7 Å². The van der Waals surface area contributed by atoms with Crippen molar-refractivity contribution in [3.8, 4) is 0 Å². The zero-order valence-electron chi connectivity index (χ0n) is 55.8. The third-order valence-corrected chi connectivity index (χ3v) is 24.4. The third-order valence-electron chi connectivity index (χ3n) is 18.3. The van der Waals surface area contributed by atoms with E-state index in [1.165, 1.54) is 25.3 Å². The van der Waals surface area contributed by atoms with Crippen LogP contribution in [0, 0.1) is 0 Å². The van der Waals surface area contributed by atoms with Crippen LogP contribution in [0.3, 0.4) is 0 Å². The molecule has 532 valence electrons. The predicted octanol–water partition coefficient (Wildman–Crippen LogP) is 8.98. The van der Waals surface area contributed by atoms with Crippen LogP contribution >= 0.6 is 0 Å².